The Morgan fingerprint density at radius 1 is 1.06 bits per heavy atom. The molecule has 0 unspecified atom stereocenters. The van der Waals surface area contributed by atoms with E-state index in [-0.39, 0.29) is 0 Å². The van der Waals surface area contributed by atoms with Crippen LogP contribution < -0.4 is 11.1 Å². The second kappa shape index (κ2) is 5.68. The first-order valence-electron chi connectivity index (χ1n) is 6.18. The largest absolute Gasteiger partial charge is 0.384 e. The fourth-order valence-corrected chi connectivity index (χ4v) is 2.26. The summed E-state index contributed by atoms with van der Waals surface area (Å²) in [6, 6.07) is 2.35. The Bertz CT molecular complexity index is 319. The SMILES string of the molecule is Nc1cc(NC2CCCCCCC2)ncn1. The molecule has 1 fully saturated rings. The van der Waals surface area contributed by atoms with Crippen molar-refractivity contribution < 1.29 is 0 Å². The van der Waals surface area contributed by atoms with Crippen LogP contribution in [0.3, 0.4) is 0 Å². The Morgan fingerprint density at radius 3 is 2.44 bits per heavy atom. The van der Waals surface area contributed by atoms with Crippen molar-refractivity contribution in [2.75, 3.05) is 11.1 Å². The van der Waals surface area contributed by atoms with Crippen LogP contribution in [-0.4, -0.2) is 16.0 Å². The highest BCUT2D eigenvalue weighted by Gasteiger charge is 2.11. The van der Waals surface area contributed by atoms with Crippen LogP contribution in [-0.2, 0) is 0 Å². The van der Waals surface area contributed by atoms with Gasteiger partial charge in [-0.3, -0.25) is 0 Å². The van der Waals surface area contributed by atoms with Crippen LogP contribution in [0, 0.1) is 0 Å². The molecule has 1 heterocycles. The van der Waals surface area contributed by atoms with Gasteiger partial charge in [-0.05, 0) is 12.8 Å². The Balaban J connectivity index is 1.91. The van der Waals surface area contributed by atoms with Crippen LogP contribution in [0.1, 0.15) is 44.9 Å². The smallest absolute Gasteiger partial charge is 0.131 e. The van der Waals surface area contributed by atoms with Gasteiger partial charge in [0.05, 0.1) is 0 Å². The average Bonchev–Trinajstić information content (AvgIpc) is 2.22. The third-order valence-electron chi connectivity index (χ3n) is 3.15. The minimum atomic E-state index is 0.531. The molecule has 1 aliphatic rings. The predicted molar refractivity (Wildman–Crippen MR) is 66.2 cm³/mol. The Kier molecular flexibility index (Phi) is 3.97. The third-order valence-corrected chi connectivity index (χ3v) is 3.15. The summed E-state index contributed by atoms with van der Waals surface area (Å²) >= 11 is 0. The summed E-state index contributed by atoms with van der Waals surface area (Å²) in [5.41, 5.74) is 5.63. The molecule has 1 saturated carbocycles. The van der Waals surface area contributed by atoms with Crippen molar-refractivity contribution in [3.8, 4) is 0 Å². The highest BCUT2D eigenvalue weighted by molar-refractivity contribution is 5.43. The molecule has 16 heavy (non-hydrogen) atoms. The van der Waals surface area contributed by atoms with Gasteiger partial charge in [-0.15, -0.1) is 0 Å². The van der Waals surface area contributed by atoms with Gasteiger partial charge in [0.15, 0.2) is 0 Å². The van der Waals surface area contributed by atoms with E-state index in [0.29, 0.717) is 11.9 Å². The van der Waals surface area contributed by atoms with Crippen molar-refractivity contribution >= 4 is 11.6 Å². The molecule has 0 aromatic carbocycles. The lowest BCUT2D eigenvalue weighted by molar-refractivity contribution is 0.470. The fraction of sp³-hybridized carbons (Fsp3) is 0.667. The molecular formula is C12H20N4. The van der Waals surface area contributed by atoms with Crippen LogP contribution in [0.15, 0.2) is 12.4 Å². The van der Waals surface area contributed by atoms with Gasteiger partial charge >= 0.3 is 0 Å². The van der Waals surface area contributed by atoms with Crippen molar-refractivity contribution in [1.29, 1.82) is 0 Å². The molecule has 0 bridgehead atoms. The predicted octanol–water partition coefficient (Wildman–Crippen LogP) is 2.58. The van der Waals surface area contributed by atoms with Crippen LogP contribution in [0.2, 0.25) is 0 Å². The molecule has 1 aromatic rings. The number of nitrogens with two attached hydrogens (primary N) is 1. The second-order valence-corrected chi connectivity index (χ2v) is 4.51. The second-order valence-electron chi connectivity index (χ2n) is 4.51. The number of nitrogens with zero attached hydrogens (tertiary/aromatic N) is 2. The number of hydrogen-bond donors (Lipinski definition) is 2. The van der Waals surface area contributed by atoms with E-state index in [4.69, 9.17) is 5.73 Å². The summed E-state index contributed by atoms with van der Waals surface area (Å²) < 4.78 is 0. The first kappa shape index (κ1) is 11.2. The number of anilines is 2. The Labute approximate surface area is 96.7 Å². The van der Waals surface area contributed by atoms with Crippen LogP contribution in [0.5, 0.6) is 0 Å². The van der Waals surface area contributed by atoms with E-state index >= 15 is 0 Å². The normalized spacial score (nSPS) is 18.8. The molecule has 1 aliphatic carbocycles. The molecule has 0 amide bonds. The standard InChI is InChI=1S/C12H20N4/c13-11-8-12(15-9-14-11)16-10-6-4-2-1-3-5-7-10/h8-10H,1-7H2,(H3,13,14,15,16). The first-order valence-corrected chi connectivity index (χ1v) is 6.18. The summed E-state index contributed by atoms with van der Waals surface area (Å²) in [4.78, 5) is 8.08. The van der Waals surface area contributed by atoms with Gasteiger partial charge in [0, 0.05) is 12.1 Å². The van der Waals surface area contributed by atoms with Crippen LogP contribution in [0.25, 0.3) is 0 Å². The van der Waals surface area contributed by atoms with Gasteiger partial charge < -0.3 is 11.1 Å². The van der Waals surface area contributed by atoms with E-state index in [2.05, 4.69) is 15.3 Å². The molecule has 88 valence electrons. The van der Waals surface area contributed by atoms with Crippen molar-refractivity contribution in [3.05, 3.63) is 12.4 Å². The fourth-order valence-electron chi connectivity index (χ4n) is 2.26. The van der Waals surface area contributed by atoms with E-state index in [9.17, 15) is 0 Å². The number of aromatic nitrogens is 2. The van der Waals surface area contributed by atoms with Gasteiger partial charge in [-0.25, -0.2) is 9.97 Å². The van der Waals surface area contributed by atoms with Crippen molar-refractivity contribution in [2.24, 2.45) is 0 Å². The Morgan fingerprint density at radius 2 is 1.75 bits per heavy atom. The van der Waals surface area contributed by atoms with Gasteiger partial charge in [0.25, 0.3) is 0 Å². The van der Waals surface area contributed by atoms with Gasteiger partial charge in [-0.2, -0.15) is 0 Å². The number of nitrogens with one attached hydrogen (secondary N) is 1. The molecule has 1 aromatic heterocycles. The monoisotopic (exact) mass is 220 g/mol. The van der Waals surface area contributed by atoms with Gasteiger partial charge in [0.2, 0.25) is 0 Å². The molecule has 0 aliphatic heterocycles. The zero-order valence-electron chi connectivity index (χ0n) is 9.65. The summed E-state index contributed by atoms with van der Waals surface area (Å²) in [6.07, 6.45) is 10.8. The molecule has 3 N–H and O–H groups in total. The molecule has 0 radical (unpaired) electrons. The maximum atomic E-state index is 5.63. The Hall–Kier alpha value is -1.32. The lowest BCUT2D eigenvalue weighted by Crippen LogP contribution is -2.21. The van der Waals surface area contributed by atoms with Crippen LogP contribution in [0.4, 0.5) is 11.6 Å². The minimum Gasteiger partial charge on any atom is -0.384 e. The quantitative estimate of drug-likeness (QED) is 0.804. The molecular weight excluding hydrogens is 200 g/mol. The summed E-state index contributed by atoms with van der Waals surface area (Å²) in [6.45, 7) is 0. The molecule has 4 nitrogen and oxygen atoms in total. The van der Waals surface area contributed by atoms with Gasteiger partial charge in [-0.1, -0.05) is 32.1 Å². The van der Waals surface area contributed by atoms with Crippen molar-refractivity contribution in [3.63, 3.8) is 0 Å². The number of rotatable bonds is 2. The van der Waals surface area contributed by atoms with Crippen molar-refractivity contribution in [1.82, 2.24) is 9.97 Å². The maximum Gasteiger partial charge on any atom is 0.131 e. The highest BCUT2D eigenvalue weighted by atomic mass is 15.0. The molecule has 4 heteroatoms. The highest BCUT2D eigenvalue weighted by Crippen LogP contribution is 2.20. The van der Waals surface area contributed by atoms with E-state index in [1.807, 2.05) is 0 Å². The molecule has 2 rings (SSSR count). The summed E-state index contributed by atoms with van der Waals surface area (Å²) in [5.74, 6) is 1.39. The van der Waals surface area contributed by atoms with E-state index < -0.39 is 0 Å². The van der Waals surface area contributed by atoms with E-state index in [1.165, 1.54) is 51.3 Å². The molecule has 0 spiro atoms. The number of nitrogen functional groups attached to an aromatic ring is 1. The average molecular weight is 220 g/mol. The maximum absolute atomic E-state index is 5.63. The lowest BCUT2D eigenvalue weighted by atomic mass is 9.97. The van der Waals surface area contributed by atoms with Crippen molar-refractivity contribution in [2.45, 2.75) is 51.0 Å². The molecule has 0 saturated heterocycles. The lowest BCUT2D eigenvalue weighted by Gasteiger charge is -2.21. The summed E-state index contributed by atoms with van der Waals surface area (Å²) in [7, 11) is 0. The zero-order valence-corrected chi connectivity index (χ0v) is 9.65. The van der Waals surface area contributed by atoms with E-state index in [1.54, 1.807) is 6.07 Å². The zero-order chi connectivity index (χ0) is 11.2. The minimum absolute atomic E-state index is 0.531. The third kappa shape index (κ3) is 3.36. The molecule has 0 atom stereocenters. The number of hydrogen-bond acceptors (Lipinski definition) is 4. The van der Waals surface area contributed by atoms with Gasteiger partial charge in [0.1, 0.15) is 18.0 Å². The van der Waals surface area contributed by atoms with Crippen LogP contribution >= 0.6 is 0 Å². The van der Waals surface area contributed by atoms with E-state index in [0.717, 1.165) is 5.82 Å². The topological polar surface area (TPSA) is 63.8 Å². The first-order chi connectivity index (χ1) is 7.84. The summed E-state index contributed by atoms with van der Waals surface area (Å²) in [5, 5.41) is 3.46.